The third-order valence-corrected chi connectivity index (χ3v) is 5.86. The molecule has 0 amide bonds. The molecule has 1 aliphatic rings. The minimum atomic E-state index is -0.810. The summed E-state index contributed by atoms with van der Waals surface area (Å²) in [6, 6.07) is 9.97. The number of pyridine rings is 1. The Morgan fingerprint density at radius 1 is 1.21 bits per heavy atom. The van der Waals surface area contributed by atoms with Crippen molar-refractivity contribution in [3.05, 3.63) is 68.0 Å². The number of aryl methyl sites for hydroxylation is 2. The van der Waals surface area contributed by atoms with Gasteiger partial charge in [-0.1, -0.05) is 0 Å². The zero-order valence-corrected chi connectivity index (χ0v) is 17.9. The molecule has 24 heavy (non-hydrogen) atoms. The van der Waals surface area contributed by atoms with Crippen LogP contribution in [0.1, 0.15) is 30.5 Å². The van der Waals surface area contributed by atoms with Crippen molar-refractivity contribution < 1.29 is 0 Å². The van der Waals surface area contributed by atoms with Gasteiger partial charge in [0.2, 0.25) is 0 Å². The summed E-state index contributed by atoms with van der Waals surface area (Å²) in [5, 5.41) is 0. The van der Waals surface area contributed by atoms with Gasteiger partial charge in [0.05, 0.1) is 0 Å². The van der Waals surface area contributed by atoms with Crippen molar-refractivity contribution in [1.29, 1.82) is 0 Å². The molecule has 1 aromatic carbocycles. The molecule has 6 heteroatoms. The van der Waals surface area contributed by atoms with Gasteiger partial charge in [-0.25, -0.2) is 0 Å². The van der Waals surface area contributed by atoms with Crippen LogP contribution < -0.4 is 5.56 Å². The van der Waals surface area contributed by atoms with Crippen molar-refractivity contribution >= 4 is 43.0 Å². The van der Waals surface area contributed by atoms with E-state index >= 15 is 0 Å². The van der Waals surface area contributed by atoms with E-state index in [1.807, 2.05) is 57.3 Å². The molecule has 0 saturated carbocycles. The molecule has 1 aromatic heterocycles. The van der Waals surface area contributed by atoms with E-state index in [4.69, 9.17) is 9.98 Å². The van der Waals surface area contributed by atoms with Gasteiger partial charge < -0.3 is 0 Å². The molecule has 0 radical (unpaired) electrons. The molecule has 0 bridgehead atoms. The van der Waals surface area contributed by atoms with Crippen LogP contribution in [0.4, 0.5) is 0 Å². The SMILES string of the molecule is CCn1cc(C2(c3cccc(Br)c3)N=C(C)C([AsH2])=N2)cc(C)c1=O. The molecule has 2 heterocycles. The van der Waals surface area contributed by atoms with E-state index < -0.39 is 5.66 Å². The average molecular weight is 448 g/mol. The van der Waals surface area contributed by atoms with Crippen molar-refractivity contribution in [2.45, 2.75) is 33.0 Å². The maximum atomic E-state index is 12.3. The van der Waals surface area contributed by atoms with Crippen LogP contribution in [0.5, 0.6) is 0 Å². The number of hydrogen-bond donors (Lipinski definition) is 0. The number of aliphatic imine (C=N–C) groups is 2. The Kier molecular flexibility index (Phi) is 4.67. The fourth-order valence-corrected chi connectivity index (χ4v) is 3.85. The summed E-state index contributed by atoms with van der Waals surface area (Å²) >= 11 is 5.01. The van der Waals surface area contributed by atoms with Gasteiger partial charge in [0.25, 0.3) is 0 Å². The van der Waals surface area contributed by atoms with Gasteiger partial charge in [0, 0.05) is 0 Å². The molecule has 2 unspecified atom stereocenters. The summed E-state index contributed by atoms with van der Waals surface area (Å²) in [6.45, 7) is 6.43. The van der Waals surface area contributed by atoms with E-state index in [0.29, 0.717) is 12.1 Å². The van der Waals surface area contributed by atoms with Crippen LogP contribution in [-0.4, -0.2) is 31.6 Å². The fraction of sp³-hybridized carbons (Fsp3) is 0.278. The van der Waals surface area contributed by atoms with Crippen LogP contribution >= 0.6 is 15.9 Å². The fourth-order valence-electron chi connectivity index (χ4n) is 2.92. The molecule has 0 fully saturated rings. The first kappa shape index (κ1) is 17.4. The predicted molar refractivity (Wildman–Crippen MR) is 105 cm³/mol. The Labute approximate surface area is 158 Å². The van der Waals surface area contributed by atoms with Crippen LogP contribution in [0.25, 0.3) is 0 Å². The number of benzene rings is 1. The summed E-state index contributed by atoms with van der Waals surface area (Å²) in [6.07, 6.45) is 1.89. The molecule has 0 spiro atoms. The third kappa shape index (κ3) is 2.84. The molecule has 0 N–H and O–H groups in total. The minimum absolute atomic E-state index is 0.0364. The Bertz CT molecular complexity index is 912. The van der Waals surface area contributed by atoms with E-state index in [-0.39, 0.29) is 5.56 Å². The molecule has 124 valence electrons. The second kappa shape index (κ2) is 6.45. The Balaban J connectivity index is 2.33. The van der Waals surface area contributed by atoms with Crippen molar-refractivity contribution in [2.24, 2.45) is 9.98 Å². The molecule has 4 nitrogen and oxygen atoms in total. The van der Waals surface area contributed by atoms with Crippen LogP contribution in [-0.2, 0) is 12.2 Å². The topological polar surface area (TPSA) is 46.7 Å². The Morgan fingerprint density at radius 3 is 2.54 bits per heavy atom. The summed E-state index contributed by atoms with van der Waals surface area (Å²) in [5.74, 6) is 0. The average Bonchev–Trinajstić information content (AvgIpc) is 2.86. The third-order valence-electron chi connectivity index (χ3n) is 4.22. The number of nitrogens with zero attached hydrogens (tertiary/aromatic N) is 3. The molecular formula is C18H19AsBrN3O. The Morgan fingerprint density at radius 2 is 1.96 bits per heavy atom. The molecule has 2 aromatic rings. The number of hydrogen-bond acceptors (Lipinski definition) is 3. The van der Waals surface area contributed by atoms with Crippen molar-refractivity contribution in [2.75, 3.05) is 0 Å². The summed E-state index contributed by atoms with van der Waals surface area (Å²) < 4.78 is 3.69. The van der Waals surface area contributed by atoms with Crippen LogP contribution in [0.15, 0.2) is 55.8 Å². The normalized spacial score (nSPS) is 20.0. The Hall–Kier alpha value is -1.45. The molecule has 2 atom stereocenters. The molecule has 3 rings (SSSR count). The molecule has 0 saturated heterocycles. The van der Waals surface area contributed by atoms with Crippen molar-refractivity contribution in [3.8, 4) is 0 Å². The van der Waals surface area contributed by atoms with Crippen molar-refractivity contribution in [3.63, 3.8) is 0 Å². The van der Waals surface area contributed by atoms with Gasteiger partial charge >= 0.3 is 159 Å². The summed E-state index contributed by atoms with van der Waals surface area (Å²) in [5.41, 5.74) is 2.80. The van der Waals surface area contributed by atoms with Gasteiger partial charge in [-0.15, -0.1) is 0 Å². The first-order valence-electron chi connectivity index (χ1n) is 7.77. The van der Waals surface area contributed by atoms with E-state index in [1.54, 1.807) is 4.57 Å². The maximum absolute atomic E-state index is 12.3. The zero-order valence-electron chi connectivity index (χ0n) is 13.9. The quantitative estimate of drug-likeness (QED) is 0.667. The zero-order chi connectivity index (χ0) is 17.5. The van der Waals surface area contributed by atoms with Crippen LogP contribution in [0.2, 0.25) is 0 Å². The molecular weight excluding hydrogens is 429 g/mol. The predicted octanol–water partition coefficient (Wildman–Crippen LogP) is 2.65. The monoisotopic (exact) mass is 447 g/mol. The first-order chi connectivity index (χ1) is 11.4. The first-order valence-corrected chi connectivity index (χ1v) is 9.77. The summed E-state index contributed by atoms with van der Waals surface area (Å²) in [7, 11) is 0. The van der Waals surface area contributed by atoms with Crippen LogP contribution in [0.3, 0.4) is 0 Å². The van der Waals surface area contributed by atoms with E-state index in [1.165, 1.54) is 16.9 Å². The van der Waals surface area contributed by atoms with Gasteiger partial charge in [0.1, 0.15) is 0 Å². The van der Waals surface area contributed by atoms with Crippen LogP contribution in [0, 0.1) is 6.92 Å². The number of aromatic nitrogens is 1. The second-order valence-electron chi connectivity index (χ2n) is 5.88. The second-order valence-corrected chi connectivity index (χ2v) is 7.94. The molecule has 1 aliphatic heterocycles. The number of rotatable bonds is 3. The van der Waals surface area contributed by atoms with E-state index in [0.717, 1.165) is 25.8 Å². The standard InChI is InChI=1S/C18H19AsBrN3O/c1-4-23-10-14(8-11(2)17(23)24)18(21-12(3)16(19)22-18)13-6-5-7-15(20)9-13/h5-10H,4,19H2,1-3H3. The summed E-state index contributed by atoms with van der Waals surface area (Å²) in [4.78, 5) is 22.1. The van der Waals surface area contributed by atoms with Gasteiger partial charge in [0.15, 0.2) is 0 Å². The van der Waals surface area contributed by atoms with Gasteiger partial charge in [-0.05, 0) is 0 Å². The van der Waals surface area contributed by atoms with Gasteiger partial charge in [-0.2, -0.15) is 0 Å². The van der Waals surface area contributed by atoms with E-state index in [9.17, 15) is 4.79 Å². The van der Waals surface area contributed by atoms with Gasteiger partial charge in [-0.3, -0.25) is 0 Å². The van der Waals surface area contributed by atoms with E-state index in [2.05, 4.69) is 15.9 Å². The van der Waals surface area contributed by atoms with Crippen molar-refractivity contribution in [1.82, 2.24) is 4.57 Å². The molecule has 0 aliphatic carbocycles. The number of halogens is 1.